The molecule has 0 aromatic carbocycles. The van der Waals surface area contributed by atoms with Crippen LogP contribution < -0.4 is 0 Å². The van der Waals surface area contributed by atoms with Crippen LogP contribution >= 0.6 is 0 Å². The van der Waals surface area contributed by atoms with Crippen LogP contribution in [0.5, 0.6) is 0 Å². The number of hydrogen-bond acceptors (Lipinski definition) is 2. The van der Waals surface area contributed by atoms with Crippen LogP contribution in [-0.2, 0) is 4.79 Å². The molecule has 0 aliphatic heterocycles. The Balaban J connectivity index is 4.11. The van der Waals surface area contributed by atoms with E-state index in [-0.39, 0.29) is 11.9 Å². The van der Waals surface area contributed by atoms with E-state index in [1.807, 2.05) is 0 Å². The van der Waals surface area contributed by atoms with Crippen LogP contribution in [0, 0.1) is 5.92 Å². The maximum atomic E-state index is 11.2. The highest BCUT2D eigenvalue weighted by Crippen LogP contribution is 2.14. The standard InChI is InChI=1S/C12H25NO2/c1-9(2)7-6-8-12(10(3)14)13(5)11(4)15/h9-10,12,14H,6-8H2,1-5H3. The highest BCUT2D eigenvalue weighted by Gasteiger charge is 2.21. The molecule has 0 fully saturated rings. The maximum Gasteiger partial charge on any atom is 0.219 e. The highest BCUT2D eigenvalue weighted by molar-refractivity contribution is 5.73. The van der Waals surface area contributed by atoms with Crippen molar-refractivity contribution in [1.82, 2.24) is 4.90 Å². The number of carbonyl (C=O) groups is 1. The van der Waals surface area contributed by atoms with Gasteiger partial charge < -0.3 is 10.0 Å². The molecule has 0 aliphatic carbocycles. The van der Waals surface area contributed by atoms with Gasteiger partial charge in [0, 0.05) is 14.0 Å². The third-order valence-electron chi connectivity index (χ3n) is 2.83. The second kappa shape index (κ2) is 6.83. The van der Waals surface area contributed by atoms with Gasteiger partial charge in [0.05, 0.1) is 12.1 Å². The number of rotatable bonds is 6. The summed E-state index contributed by atoms with van der Waals surface area (Å²) in [6.45, 7) is 7.66. The fourth-order valence-corrected chi connectivity index (χ4v) is 1.73. The van der Waals surface area contributed by atoms with Gasteiger partial charge in [-0.2, -0.15) is 0 Å². The molecule has 0 aromatic heterocycles. The number of aliphatic hydroxyl groups is 1. The van der Waals surface area contributed by atoms with Crippen molar-refractivity contribution in [1.29, 1.82) is 0 Å². The third-order valence-corrected chi connectivity index (χ3v) is 2.83. The molecule has 0 bridgehead atoms. The first-order chi connectivity index (χ1) is 6.86. The van der Waals surface area contributed by atoms with Gasteiger partial charge in [-0.25, -0.2) is 0 Å². The summed E-state index contributed by atoms with van der Waals surface area (Å²) >= 11 is 0. The highest BCUT2D eigenvalue weighted by atomic mass is 16.3. The van der Waals surface area contributed by atoms with E-state index < -0.39 is 6.10 Å². The Bertz CT molecular complexity index is 190. The van der Waals surface area contributed by atoms with E-state index in [4.69, 9.17) is 0 Å². The summed E-state index contributed by atoms with van der Waals surface area (Å²) in [4.78, 5) is 12.8. The molecule has 1 amide bonds. The van der Waals surface area contributed by atoms with Crippen LogP contribution in [0.1, 0.15) is 47.0 Å². The summed E-state index contributed by atoms with van der Waals surface area (Å²) in [6, 6.07) is -0.0405. The van der Waals surface area contributed by atoms with Crippen LogP contribution in [-0.4, -0.2) is 35.1 Å². The largest absolute Gasteiger partial charge is 0.391 e. The first-order valence-corrected chi connectivity index (χ1v) is 5.77. The summed E-state index contributed by atoms with van der Waals surface area (Å²) in [5.41, 5.74) is 0. The predicted molar refractivity (Wildman–Crippen MR) is 62.6 cm³/mol. The number of likely N-dealkylation sites (N-methyl/N-ethyl adjacent to an activating group) is 1. The lowest BCUT2D eigenvalue weighted by Gasteiger charge is -2.29. The van der Waals surface area contributed by atoms with Crippen molar-refractivity contribution in [2.24, 2.45) is 5.92 Å². The molecular weight excluding hydrogens is 190 g/mol. The van der Waals surface area contributed by atoms with Crippen LogP contribution in [0.25, 0.3) is 0 Å². The number of carbonyl (C=O) groups excluding carboxylic acids is 1. The van der Waals surface area contributed by atoms with Gasteiger partial charge in [-0.1, -0.05) is 26.7 Å². The van der Waals surface area contributed by atoms with Gasteiger partial charge in [0.15, 0.2) is 0 Å². The zero-order chi connectivity index (χ0) is 12.0. The van der Waals surface area contributed by atoms with Crippen molar-refractivity contribution in [3.05, 3.63) is 0 Å². The zero-order valence-electron chi connectivity index (χ0n) is 10.7. The van der Waals surface area contributed by atoms with Gasteiger partial charge in [0.1, 0.15) is 0 Å². The lowest BCUT2D eigenvalue weighted by Crippen LogP contribution is -2.42. The summed E-state index contributed by atoms with van der Waals surface area (Å²) in [5, 5.41) is 9.60. The van der Waals surface area contributed by atoms with Gasteiger partial charge in [0.2, 0.25) is 5.91 Å². The van der Waals surface area contributed by atoms with E-state index >= 15 is 0 Å². The minimum Gasteiger partial charge on any atom is -0.391 e. The SMILES string of the molecule is CC(=O)N(C)C(CCCC(C)C)C(C)O. The molecule has 15 heavy (non-hydrogen) atoms. The smallest absolute Gasteiger partial charge is 0.219 e. The molecule has 0 aromatic rings. The van der Waals surface area contributed by atoms with Crippen molar-refractivity contribution in [2.75, 3.05) is 7.05 Å². The fraction of sp³-hybridized carbons (Fsp3) is 0.917. The normalized spacial score (nSPS) is 15.1. The van der Waals surface area contributed by atoms with E-state index in [2.05, 4.69) is 13.8 Å². The van der Waals surface area contributed by atoms with E-state index in [1.54, 1.807) is 18.9 Å². The second-order valence-electron chi connectivity index (χ2n) is 4.76. The monoisotopic (exact) mass is 215 g/mol. The molecule has 0 heterocycles. The van der Waals surface area contributed by atoms with Crippen LogP contribution in [0.3, 0.4) is 0 Å². The summed E-state index contributed by atoms with van der Waals surface area (Å²) in [5.74, 6) is 0.702. The number of hydrogen-bond donors (Lipinski definition) is 1. The molecular formula is C12H25NO2. The van der Waals surface area contributed by atoms with Gasteiger partial charge in [-0.15, -0.1) is 0 Å². The molecule has 2 unspecified atom stereocenters. The van der Waals surface area contributed by atoms with Gasteiger partial charge in [-0.05, 0) is 19.3 Å². The van der Waals surface area contributed by atoms with Gasteiger partial charge >= 0.3 is 0 Å². The molecule has 1 N–H and O–H groups in total. The summed E-state index contributed by atoms with van der Waals surface area (Å²) in [7, 11) is 1.76. The Kier molecular flexibility index (Phi) is 6.57. The van der Waals surface area contributed by atoms with Crippen LogP contribution in [0.4, 0.5) is 0 Å². The quantitative estimate of drug-likeness (QED) is 0.736. The minimum absolute atomic E-state index is 0.0189. The Morgan fingerprint density at radius 1 is 1.27 bits per heavy atom. The van der Waals surface area contributed by atoms with Gasteiger partial charge in [-0.3, -0.25) is 4.79 Å². The summed E-state index contributed by atoms with van der Waals surface area (Å²) in [6.07, 6.45) is 2.64. The lowest BCUT2D eigenvalue weighted by atomic mass is 9.99. The molecule has 0 saturated carbocycles. The van der Waals surface area contributed by atoms with Crippen molar-refractivity contribution >= 4 is 5.91 Å². The average Bonchev–Trinajstić information content (AvgIpc) is 2.10. The topological polar surface area (TPSA) is 40.5 Å². The second-order valence-corrected chi connectivity index (χ2v) is 4.76. The van der Waals surface area contributed by atoms with Crippen molar-refractivity contribution < 1.29 is 9.90 Å². The van der Waals surface area contributed by atoms with E-state index in [1.165, 1.54) is 6.92 Å². The Morgan fingerprint density at radius 3 is 2.13 bits per heavy atom. The van der Waals surface area contributed by atoms with Crippen LogP contribution in [0.15, 0.2) is 0 Å². The number of aliphatic hydroxyl groups excluding tert-OH is 1. The summed E-state index contributed by atoms with van der Waals surface area (Å²) < 4.78 is 0. The molecule has 0 spiro atoms. The van der Waals surface area contributed by atoms with Gasteiger partial charge in [0.25, 0.3) is 0 Å². The van der Waals surface area contributed by atoms with E-state index in [0.29, 0.717) is 5.92 Å². The molecule has 90 valence electrons. The van der Waals surface area contributed by atoms with Crippen molar-refractivity contribution in [3.63, 3.8) is 0 Å². The lowest BCUT2D eigenvalue weighted by molar-refractivity contribution is -0.131. The zero-order valence-corrected chi connectivity index (χ0v) is 10.7. The molecule has 0 saturated heterocycles. The Labute approximate surface area is 93.5 Å². The van der Waals surface area contributed by atoms with Crippen LogP contribution in [0.2, 0.25) is 0 Å². The minimum atomic E-state index is -0.453. The molecule has 2 atom stereocenters. The Hall–Kier alpha value is -0.570. The Morgan fingerprint density at radius 2 is 1.80 bits per heavy atom. The maximum absolute atomic E-state index is 11.2. The molecule has 3 heteroatoms. The first-order valence-electron chi connectivity index (χ1n) is 5.77. The predicted octanol–water partition coefficient (Wildman–Crippen LogP) is 2.04. The first kappa shape index (κ1) is 14.4. The average molecular weight is 215 g/mol. The van der Waals surface area contributed by atoms with E-state index in [9.17, 15) is 9.90 Å². The molecule has 0 radical (unpaired) electrons. The third kappa shape index (κ3) is 5.78. The number of nitrogens with zero attached hydrogens (tertiary/aromatic N) is 1. The van der Waals surface area contributed by atoms with Crippen molar-refractivity contribution in [3.8, 4) is 0 Å². The number of amides is 1. The van der Waals surface area contributed by atoms with E-state index in [0.717, 1.165) is 19.3 Å². The molecule has 3 nitrogen and oxygen atoms in total. The fourth-order valence-electron chi connectivity index (χ4n) is 1.73. The molecule has 0 rings (SSSR count). The van der Waals surface area contributed by atoms with Crippen molar-refractivity contribution in [2.45, 2.75) is 59.1 Å². The molecule has 0 aliphatic rings.